The first-order chi connectivity index (χ1) is 14.8. The van der Waals surface area contributed by atoms with Crippen LogP contribution in [-0.2, 0) is 16.4 Å². The summed E-state index contributed by atoms with van der Waals surface area (Å²) in [6, 6.07) is 16.6. The minimum absolute atomic E-state index is 0.00344. The Morgan fingerprint density at radius 2 is 1.84 bits per heavy atom. The van der Waals surface area contributed by atoms with Crippen molar-refractivity contribution in [3.63, 3.8) is 0 Å². The maximum atomic E-state index is 13.3. The number of hydrogen-bond acceptors (Lipinski definition) is 5. The number of carbonyl (C=O) groups excluding carboxylic acids is 1. The number of para-hydroxylation sites is 1. The van der Waals surface area contributed by atoms with Gasteiger partial charge in [-0.15, -0.1) is 0 Å². The Hall–Kier alpha value is -3.43. The summed E-state index contributed by atoms with van der Waals surface area (Å²) in [4.78, 5) is 22.8. The molecule has 8 nitrogen and oxygen atoms in total. The van der Waals surface area contributed by atoms with Gasteiger partial charge in [0.1, 0.15) is 4.90 Å². The lowest BCUT2D eigenvalue weighted by molar-refractivity contribution is -0.384. The van der Waals surface area contributed by atoms with Crippen molar-refractivity contribution in [1.82, 2.24) is 0 Å². The van der Waals surface area contributed by atoms with E-state index in [4.69, 9.17) is 11.6 Å². The monoisotopic (exact) mass is 457 g/mol. The number of sulfonamides is 1. The second kappa shape index (κ2) is 8.01. The summed E-state index contributed by atoms with van der Waals surface area (Å²) >= 11 is 6.19. The van der Waals surface area contributed by atoms with Gasteiger partial charge in [-0.3, -0.25) is 19.2 Å². The van der Waals surface area contributed by atoms with E-state index >= 15 is 0 Å². The third-order valence-corrected chi connectivity index (χ3v) is 7.22. The van der Waals surface area contributed by atoms with E-state index in [9.17, 15) is 23.3 Å². The van der Waals surface area contributed by atoms with Gasteiger partial charge in [0.25, 0.3) is 21.6 Å². The molecule has 0 bridgehead atoms. The van der Waals surface area contributed by atoms with Gasteiger partial charge >= 0.3 is 0 Å². The maximum absolute atomic E-state index is 13.3. The molecule has 158 valence electrons. The van der Waals surface area contributed by atoms with Gasteiger partial charge in [0.15, 0.2) is 0 Å². The zero-order chi connectivity index (χ0) is 22.2. The van der Waals surface area contributed by atoms with Crippen LogP contribution in [-0.4, -0.2) is 25.8 Å². The summed E-state index contributed by atoms with van der Waals surface area (Å²) in [5.74, 6) is -0.615. The molecule has 31 heavy (non-hydrogen) atoms. The highest BCUT2D eigenvalue weighted by Crippen LogP contribution is 2.35. The van der Waals surface area contributed by atoms with Crippen molar-refractivity contribution in [1.29, 1.82) is 0 Å². The molecule has 0 saturated heterocycles. The minimum Gasteiger partial charge on any atom is -0.322 e. The number of carbonyl (C=O) groups is 1. The van der Waals surface area contributed by atoms with Crippen LogP contribution in [0.25, 0.3) is 0 Å². The van der Waals surface area contributed by atoms with E-state index in [1.54, 1.807) is 12.1 Å². The molecule has 0 aromatic heterocycles. The van der Waals surface area contributed by atoms with Crippen LogP contribution in [0.3, 0.4) is 0 Å². The highest BCUT2D eigenvalue weighted by atomic mass is 35.5. The first kappa shape index (κ1) is 20.8. The number of nitro groups is 1. The highest BCUT2D eigenvalue weighted by molar-refractivity contribution is 7.93. The van der Waals surface area contributed by atoms with E-state index in [1.807, 2.05) is 12.1 Å². The number of halogens is 1. The third-order valence-electron chi connectivity index (χ3n) is 4.92. The second-order valence-corrected chi connectivity index (χ2v) is 9.10. The number of benzene rings is 3. The molecule has 1 amide bonds. The van der Waals surface area contributed by atoms with Crippen LogP contribution in [0.4, 0.5) is 17.1 Å². The summed E-state index contributed by atoms with van der Waals surface area (Å²) in [7, 11) is -4.00. The van der Waals surface area contributed by atoms with E-state index < -0.39 is 20.9 Å². The Morgan fingerprint density at radius 3 is 2.61 bits per heavy atom. The first-order valence-corrected chi connectivity index (χ1v) is 11.1. The molecule has 10 heteroatoms. The van der Waals surface area contributed by atoms with E-state index in [0.717, 1.165) is 5.56 Å². The van der Waals surface area contributed by atoms with Crippen LogP contribution in [0.15, 0.2) is 71.6 Å². The van der Waals surface area contributed by atoms with Crippen LogP contribution < -0.4 is 9.62 Å². The first-order valence-electron chi connectivity index (χ1n) is 9.23. The Morgan fingerprint density at radius 1 is 1.06 bits per heavy atom. The lowest BCUT2D eigenvalue weighted by Gasteiger charge is -2.20. The van der Waals surface area contributed by atoms with E-state index in [1.165, 1.54) is 46.8 Å². The largest absolute Gasteiger partial charge is 0.322 e. The molecule has 1 aliphatic heterocycles. The summed E-state index contributed by atoms with van der Waals surface area (Å²) in [6.07, 6.45) is 0.583. The van der Waals surface area contributed by atoms with Crippen molar-refractivity contribution in [3.05, 3.63) is 93.0 Å². The number of rotatable bonds is 5. The molecular formula is C21H16ClN3O5S. The van der Waals surface area contributed by atoms with Crippen LogP contribution in [0, 0.1) is 10.1 Å². The van der Waals surface area contributed by atoms with Gasteiger partial charge in [0.05, 0.1) is 15.6 Å². The Kier molecular flexibility index (Phi) is 5.38. The standard InChI is InChI=1S/C21H16ClN3O5S/c22-18-9-8-15(21(26)23-16-5-3-6-17(13-16)25(27)28)12-20(18)31(29,30)24-11-10-14-4-1-2-7-19(14)24/h1-9,12-13H,10-11H2,(H,23,26). The van der Waals surface area contributed by atoms with Gasteiger partial charge in [-0.2, -0.15) is 0 Å². The lowest BCUT2D eigenvalue weighted by Crippen LogP contribution is -2.29. The normalized spacial score (nSPS) is 13.0. The van der Waals surface area contributed by atoms with Gasteiger partial charge in [-0.25, -0.2) is 8.42 Å². The zero-order valence-electron chi connectivity index (χ0n) is 16.0. The van der Waals surface area contributed by atoms with Gasteiger partial charge in [-0.1, -0.05) is 35.9 Å². The number of nitrogens with one attached hydrogen (secondary N) is 1. The topological polar surface area (TPSA) is 110 Å². The number of hydrogen-bond donors (Lipinski definition) is 1. The fourth-order valence-electron chi connectivity index (χ4n) is 3.42. The average Bonchev–Trinajstić information content (AvgIpc) is 3.19. The molecule has 0 saturated carbocycles. The van der Waals surface area contributed by atoms with E-state index in [0.29, 0.717) is 12.1 Å². The molecule has 1 N–H and O–H groups in total. The van der Waals surface area contributed by atoms with Crippen LogP contribution in [0.5, 0.6) is 0 Å². The average molecular weight is 458 g/mol. The van der Waals surface area contributed by atoms with Crippen molar-refractivity contribution < 1.29 is 18.1 Å². The number of nitro benzene ring substituents is 1. The molecule has 4 rings (SSSR count). The number of non-ortho nitro benzene ring substituents is 1. The Balaban J connectivity index is 1.65. The van der Waals surface area contributed by atoms with Crippen molar-refractivity contribution in [3.8, 4) is 0 Å². The summed E-state index contributed by atoms with van der Waals surface area (Å²) in [5.41, 5.74) is 1.60. The van der Waals surface area contributed by atoms with Gasteiger partial charge in [-0.05, 0) is 42.3 Å². The number of nitrogens with zero attached hydrogens (tertiary/aromatic N) is 2. The molecule has 0 atom stereocenters. The number of fused-ring (bicyclic) bond motifs is 1. The number of anilines is 2. The Bertz CT molecular complexity index is 1310. The highest BCUT2D eigenvalue weighted by Gasteiger charge is 2.32. The van der Waals surface area contributed by atoms with Crippen molar-refractivity contribution in [2.24, 2.45) is 0 Å². The van der Waals surface area contributed by atoms with Crippen LogP contribution in [0.2, 0.25) is 5.02 Å². The third kappa shape index (κ3) is 3.97. The molecular weight excluding hydrogens is 442 g/mol. The van der Waals surface area contributed by atoms with E-state index in [2.05, 4.69) is 5.32 Å². The van der Waals surface area contributed by atoms with Crippen LogP contribution in [0.1, 0.15) is 15.9 Å². The van der Waals surface area contributed by atoms with Crippen LogP contribution >= 0.6 is 11.6 Å². The predicted molar refractivity (Wildman–Crippen MR) is 117 cm³/mol. The molecule has 1 aliphatic rings. The summed E-state index contributed by atoms with van der Waals surface area (Å²) in [5, 5.41) is 13.5. The number of amides is 1. The lowest BCUT2D eigenvalue weighted by atomic mass is 10.2. The zero-order valence-corrected chi connectivity index (χ0v) is 17.6. The molecule has 0 spiro atoms. The maximum Gasteiger partial charge on any atom is 0.271 e. The molecule has 3 aromatic carbocycles. The molecule has 0 unspecified atom stereocenters. The SMILES string of the molecule is O=C(Nc1cccc([N+](=O)[O-])c1)c1ccc(Cl)c(S(=O)(=O)N2CCc3ccccc32)c1. The fraction of sp³-hybridized carbons (Fsp3) is 0.0952. The van der Waals surface area contributed by atoms with Gasteiger partial charge < -0.3 is 5.32 Å². The Labute approximate surface area is 183 Å². The van der Waals surface area contributed by atoms with Crippen molar-refractivity contribution in [2.45, 2.75) is 11.3 Å². The molecule has 0 fully saturated rings. The fourth-order valence-corrected chi connectivity index (χ4v) is 5.43. The van der Waals surface area contributed by atoms with Crippen molar-refractivity contribution in [2.75, 3.05) is 16.2 Å². The smallest absolute Gasteiger partial charge is 0.271 e. The predicted octanol–water partition coefficient (Wildman–Crippen LogP) is 4.25. The second-order valence-electron chi connectivity index (χ2n) is 6.86. The van der Waals surface area contributed by atoms with Crippen molar-refractivity contribution >= 4 is 44.6 Å². The molecule has 0 aliphatic carbocycles. The summed E-state index contributed by atoms with van der Waals surface area (Å²) < 4.78 is 27.9. The van der Waals surface area contributed by atoms with Gasteiger partial charge in [0.2, 0.25) is 0 Å². The van der Waals surface area contributed by atoms with E-state index in [-0.39, 0.29) is 33.4 Å². The molecule has 3 aromatic rings. The molecule has 0 radical (unpaired) electrons. The molecule has 1 heterocycles. The quantitative estimate of drug-likeness (QED) is 0.455. The summed E-state index contributed by atoms with van der Waals surface area (Å²) in [6.45, 7) is 0.280. The minimum atomic E-state index is -4.00. The van der Waals surface area contributed by atoms with Gasteiger partial charge in [0, 0.05) is 29.9 Å².